The van der Waals surface area contributed by atoms with Gasteiger partial charge in [0.25, 0.3) is 5.91 Å². The maximum atomic E-state index is 12.4. The normalized spacial score (nSPS) is 10.5. The Labute approximate surface area is 126 Å². The first-order valence-corrected chi connectivity index (χ1v) is 7.04. The maximum Gasteiger partial charge on any atom is 0.253 e. The van der Waals surface area contributed by atoms with Gasteiger partial charge in [-0.05, 0) is 23.1 Å². The van der Waals surface area contributed by atoms with Gasteiger partial charge in [-0.3, -0.25) is 4.79 Å². The zero-order chi connectivity index (χ0) is 15.9. The van der Waals surface area contributed by atoms with Gasteiger partial charge < -0.3 is 4.90 Å². The van der Waals surface area contributed by atoms with Gasteiger partial charge in [-0.25, -0.2) is 0 Å². The van der Waals surface area contributed by atoms with Gasteiger partial charge in [-0.2, -0.15) is 10.5 Å². The Hall–Kier alpha value is -2.33. The summed E-state index contributed by atoms with van der Waals surface area (Å²) < 4.78 is 0. The van der Waals surface area contributed by atoms with Crippen LogP contribution in [0.2, 0.25) is 0 Å². The van der Waals surface area contributed by atoms with Crippen molar-refractivity contribution in [1.29, 1.82) is 10.5 Å². The molecule has 0 bridgehead atoms. The van der Waals surface area contributed by atoms with E-state index in [4.69, 9.17) is 10.5 Å². The molecule has 0 aromatic heterocycles. The van der Waals surface area contributed by atoms with Crippen LogP contribution < -0.4 is 0 Å². The molecule has 0 radical (unpaired) electrons. The monoisotopic (exact) mass is 283 g/mol. The Morgan fingerprint density at radius 3 is 1.90 bits per heavy atom. The van der Waals surface area contributed by atoms with E-state index in [0.29, 0.717) is 18.7 Å². The second-order valence-corrected chi connectivity index (χ2v) is 5.94. The molecular weight excluding hydrogens is 262 g/mol. The Kier molecular flexibility index (Phi) is 5.93. The third kappa shape index (κ3) is 4.93. The van der Waals surface area contributed by atoms with E-state index >= 15 is 0 Å². The fourth-order valence-electron chi connectivity index (χ4n) is 1.98. The van der Waals surface area contributed by atoms with Crippen molar-refractivity contribution < 1.29 is 4.79 Å². The smallest absolute Gasteiger partial charge is 0.253 e. The summed E-state index contributed by atoms with van der Waals surface area (Å²) in [5, 5.41) is 17.3. The highest BCUT2D eigenvalue weighted by molar-refractivity contribution is 5.94. The first kappa shape index (κ1) is 16.7. The minimum atomic E-state index is -0.124. The van der Waals surface area contributed by atoms with Gasteiger partial charge in [-0.15, -0.1) is 0 Å². The van der Waals surface area contributed by atoms with E-state index in [-0.39, 0.29) is 24.2 Å². The highest BCUT2D eigenvalue weighted by atomic mass is 16.2. The second-order valence-electron chi connectivity index (χ2n) is 5.94. The van der Waals surface area contributed by atoms with Crippen LogP contribution in [0, 0.1) is 22.7 Å². The van der Waals surface area contributed by atoms with Crippen molar-refractivity contribution in [1.82, 2.24) is 4.90 Å². The quantitative estimate of drug-likeness (QED) is 0.833. The number of benzene rings is 1. The summed E-state index contributed by atoms with van der Waals surface area (Å²) in [7, 11) is 0. The number of rotatable bonds is 5. The molecule has 110 valence electrons. The molecular formula is C17H21N3O. The number of nitrogens with zero attached hydrogens (tertiary/aromatic N) is 3. The molecule has 0 aliphatic carbocycles. The van der Waals surface area contributed by atoms with Crippen molar-refractivity contribution in [2.75, 3.05) is 13.1 Å². The van der Waals surface area contributed by atoms with Crippen LogP contribution in [-0.4, -0.2) is 23.9 Å². The predicted octanol–water partition coefficient (Wildman–Crippen LogP) is 3.25. The Morgan fingerprint density at radius 1 is 1.05 bits per heavy atom. The molecule has 0 aliphatic heterocycles. The summed E-state index contributed by atoms with van der Waals surface area (Å²) in [6, 6.07) is 11.6. The van der Waals surface area contributed by atoms with E-state index < -0.39 is 0 Å². The van der Waals surface area contributed by atoms with Crippen LogP contribution in [0.5, 0.6) is 0 Å². The average Bonchev–Trinajstić information content (AvgIpc) is 2.46. The first-order chi connectivity index (χ1) is 9.90. The molecule has 4 nitrogen and oxygen atoms in total. The fourth-order valence-corrected chi connectivity index (χ4v) is 1.98. The standard InChI is InChI=1S/C17H21N3O/c1-17(2,3)15-8-6-14(7-9-15)16(21)20(12-4-10-18)13-5-11-19/h6-9H,4-5,12-13H2,1-3H3. The Morgan fingerprint density at radius 2 is 1.52 bits per heavy atom. The summed E-state index contributed by atoms with van der Waals surface area (Å²) in [5.74, 6) is -0.124. The van der Waals surface area contributed by atoms with E-state index in [9.17, 15) is 4.79 Å². The first-order valence-electron chi connectivity index (χ1n) is 7.04. The Balaban J connectivity index is 2.88. The summed E-state index contributed by atoms with van der Waals surface area (Å²) in [6.45, 7) is 7.08. The zero-order valence-corrected chi connectivity index (χ0v) is 12.9. The predicted molar refractivity (Wildman–Crippen MR) is 81.5 cm³/mol. The lowest BCUT2D eigenvalue weighted by atomic mass is 9.86. The summed E-state index contributed by atoms with van der Waals surface area (Å²) in [4.78, 5) is 14.0. The van der Waals surface area contributed by atoms with Crippen LogP contribution in [0.1, 0.15) is 49.5 Å². The highest BCUT2D eigenvalue weighted by Gasteiger charge is 2.17. The van der Waals surface area contributed by atoms with Crippen molar-refractivity contribution in [2.45, 2.75) is 39.0 Å². The number of carbonyl (C=O) groups excluding carboxylic acids is 1. The largest absolute Gasteiger partial charge is 0.337 e. The van der Waals surface area contributed by atoms with Gasteiger partial charge in [-0.1, -0.05) is 32.9 Å². The van der Waals surface area contributed by atoms with Crippen LogP contribution in [0.4, 0.5) is 0 Å². The second kappa shape index (κ2) is 7.45. The zero-order valence-electron chi connectivity index (χ0n) is 12.9. The molecule has 0 N–H and O–H groups in total. The Bertz CT molecular complexity index is 538. The van der Waals surface area contributed by atoms with E-state index in [2.05, 4.69) is 20.8 Å². The average molecular weight is 283 g/mol. The van der Waals surface area contributed by atoms with Gasteiger partial charge >= 0.3 is 0 Å². The van der Waals surface area contributed by atoms with Gasteiger partial charge in [0.2, 0.25) is 0 Å². The van der Waals surface area contributed by atoms with Crippen molar-refractivity contribution >= 4 is 5.91 Å². The molecule has 0 unspecified atom stereocenters. The molecule has 4 heteroatoms. The van der Waals surface area contributed by atoms with E-state index in [1.165, 1.54) is 5.56 Å². The van der Waals surface area contributed by atoms with Crippen molar-refractivity contribution in [2.24, 2.45) is 0 Å². The lowest BCUT2D eigenvalue weighted by Gasteiger charge is -2.22. The molecule has 0 atom stereocenters. The summed E-state index contributed by atoms with van der Waals surface area (Å²) in [6.07, 6.45) is 0.550. The minimum absolute atomic E-state index is 0.0445. The van der Waals surface area contributed by atoms with Gasteiger partial charge in [0.05, 0.1) is 25.0 Å². The lowest BCUT2D eigenvalue weighted by molar-refractivity contribution is 0.0762. The fraction of sp³-hybridized carbons (Fsp3) is 0.471. The molecule has 0 aliphatic rings. The molecule has 1 amide bonds. The molecule has 0 spiro atoms. The minimum Gasteiger partial charge on any atom is -0.337 e. The lowest BCUT2D eigenvalue weighted by Crippen LogP contribution is -2.32. The highest BCUT2D eigenvalue weighted by Crippen LogP contribution is 2.22. The topological polar surface area (TPSA) is 67.9 Å². The number of carbonyl (C=O) groups is 1. The van der Waals surface area contributed by atoms with Crippen LogP contribution in [-0.2, 0) is 5.41 Å². The number of amides is 1. The van der Waals surface area contributed by atoms with E-state index in [0.717, 1.165) is 0 Å². The van der Waals surface area contributed by atoms with Crippen LogP contribution in [0.25, 0.3) is 0 Å². The summed E-state index contributed by atoms with van der Waals surface area (Å²) >= 11 is 0. The third-order valence-electron chi connectivity index (χ3n) is 3.27. The number of nitriles is 2. The van der Waals surface area contributed by atoms with E-state index in [1.807, 2.05) is 36.4 Å². The molecule has 21 heavy (non-hydrogen) atoms. The molecule has 0 saturated carbocycles. The van der Waals surface area contributed by atoms with Crippen LogP contribution >= 0.6 is 0 Å². The van der Waals surface area contributed by atoms with Gasteiger partial charge in [0.15, 0.2) is 0 Å². The molecule has 1 aromatic carbocycles. The van der Waals surface area contributed by atoms with Crippen molar-refractivity contribution in [3.8, 4) is 12.1 Å². The maximum absolute atomic E-state index is 12.4. The third-order valence-corrected chi connectivity index (χ3v) is 3.27. The summed E-state index contributed by atoms with van der Waals surface area (Å²) in [5.41, 5.74) is 1.81. The van der Waals surface area contributed by atoms with Gasteiger partial charge in [0.1, 0.15) is 0 Å². The number of hydrogen-bond donors (Lipinski definition) is 0. The van der Waals surface area contributed by atoms with E-state index in [1.54, 1.807) is 4.90 Å². The molecule has 0 heterocycles. The molecule has 1 aromatic rings. The van der Waals surface area contributed by atoms with Crippen LogP contribution in [0.3, 0.4) is 0 Å². The van der Waals surface area contributed by atoms with Crippen molar-refractivity contribution in [3.63, 3.8) is 0 Å². The SMILES string of the molecule is CC(C)(C)c1ccc(C(=O)N(CCC#N)CCC#N)cc1. The molecule has 0 saturated heterocycles. The van der Waals surface area contributed by atoms with Crippen LogP contribution in [0.15, 0.2) is 24.3 Å². The molecule has 0 fully saturated rings. The molecule has 1 rings (SSSR count). The van der Waals surface area contributed by atoms with Gasteiger partial charge in [0, 0.05) is 18.7 Å². The van der Waals surface area contributed by atoms with Crippen molar-refractivity contribution in [3.05, 3.63) is 35.4 Å². The number of hydrogen-bond acceptors (Lipinski definition) is 3.